The number of aryl methyl sites for hydroxylation is 1. The van der Waals surface area contributed by atoms with Crippen LogP contribution in [0.2, 0.25) is 0 Å². The average Bonchev–Trinajstić information content (AvgIpc) is 2.75. The Balaban J connectivity index is 1.45. The van der Waals surface area contributed by atoms with Crippen LogP contribution in [0.1, 0.15) is 5.69 Å². The second kappa shape index (κ2) is 8.17. The predicted molar refractivity (Wildman–Crippen MR) is 114 cm³/mol. The first-order valence-corrected chi connectivity index (χ1v) is 9.53. The van der Waals surface area contributed by atoms with Gasteiger partial charge < -0.3 is 19.9 Å². The highest BCUT2D eigenvalue weighted by molar-refractivity contribution is 5.59. The number of anilines is 4. The zero-order valence-corrected chi connectivity index (χ0v) is 16.3. The molecule has 3 aromatic rings. The van der Waals surface area contributed by atoms with E-state index in [0.29, 0.717) is 0 Å². The van der Waals surface area contributed by atoms with E-state index >= 15 is 0 Å². The van der Waals surface area contributed by atoms with Crippen molar-refractivity contribution in [3.8, 4) is 5.75 Å². The summed E-state index contributed by atoms with van der Waals surface area (Å²) in [5, 5.41) is 3.37. The van der Waals surface area contributed by atoms with E-state index in [4.69, 9.17) is 9.72 Å². The van der Waals surface area contributed by atoms with Gasteiger partial charge in [0.1, 0.15) is 11.6 Å². The van der Waals surface area contributed by atoms with Crippen LogP contribution in [0.3, 0.4) is 0 Å². The lowest BCUT2D eigenvalue weighted by atomic mass is 10.2. The summed E-state index contributed by atoms with van der Waals surface area (Å²) in [6, 6.07) is 20.3. The third-order valence-electron chi connectivity index (χ3n) is 4.89. The Morgan fingerprint density at radius 3 is 2.21 bits per heavy atom. The van der Waals surface area contributed by atoms with Crippen molar-refractivity contribution in [2.24, 2.45) is 0 Å². The molecule has 0 amide bonds. The first-order valence-electron chi connectivity index (χ1n) is 9.53. The van der Waals surface area contributed by atoms with Gasteiger partial charge in [0.25, 0.3) is 0 Å². The molecule has 28 heavy (non-hydrogen) atoms. The number of rotatable bonds is 5. The summed E-state index contributed by atoms with van der Waals surface area (Å²) in [6.45, 7) is 5.73. The second-order valence-corrected chi connectivity index (χ2v) is 6.86. The maximum absolute atomic E-state index is 5.21. The molecule has 1 fully saturated rings. The number of para-hydroxylation sites is 1. The second-order valence-electron chi connectivity index (χ2n) is 6.86. The topological polar surface area (TPSA) is 53.5 Å². The number of hydrogen-bond acceptors (Lipinski definition) is 6. The van der Waals surface area contributed by atoms with Gasteiger partial charge in [0.05, 0.1) is 7.11 Å². The van der Waals surface area contributed by atoms with Crippen LogP contribution in [0.15, 0.2) is 60.7 Å². The van der Waals surface area contributed by atoms with Crippen molar-refractivity contribution in [2.45, 2.75) is 6.92 Å². The summed E-state index contributed by atoms with van der Waals surface area (Å²) < 4.78 is 5.21. The molecule has 4 rings (SSSR count). The molecule has 1 aliphatic heterocycles. The van der Waals surface area contributed by atoms with Gasteiger partial charge in [0, 0.05) is 49.3 Å². The largest absolute Gasteiger partial charge is 0.497 e. The third-order valence-corrected chi connectivity index (χ3v) is 4.89. The van der Waals surface area contributed by atoms with E-state index in [1.54, 1.807) is 7.11 Å². The molecule has 1 N–H and O–H groups in total. The van der Waals surface area contributed by atoms with Gasteiger partial charge in [0.2, 0.25) is 5.95 Å². The molecule has 0 atom stereocenters. The summed E-state index contributed by atoms with van der Waals surface area (Å²) in [5.74, 6) is 2.42. The first-order chi connectivity index (χ1) is 13.7. The number of ether oxygens (including phenoxy) is 1. The van der Waals surface area contributed by atoms with Crippen LogP contribution in [-0.4, -0.2) is 43.3 Å². The number of methoxy groups -OCH3 is 1. The molecule has 1 aromatic heterocycles. The van der Waals surface area contributed by atoms with E-state index in [1.165, 1.54) is 5.69 Å². The summed E-state index contributed by atoms with van der Waals surface area (Å²) in [6.07, 6.45) is 0. The van der Waals surface area contributed by atoms with E-state index in [2.05, 4.69) is 50.4 Å². The lowest BCUT2D eigenvalue weighted by Crippen LogP contribution is -2.47. The van der Waals surface area contributed by atoms with Crippen molar-refractivity contribution in [3.63, 3.8) is 0 Å². The van der Waals surface area contributed by atoms with Crippen molar-refractivity contribution < 1.29 is 4.74 Å². The molecule has 0 saturated carbocycles. The number of hydrogen-bond donors (Lipinski definition) is 1. The van der Waals surface area contributed by atoms with Crippen LogP contribution < -0.4 is 19.9 Å². The molecule has 0 radical (unpaired) electrons. The van der Waals surface area contributed by atoms with Gasteiger partial charge in [0.15, 0.2) is 0 Å². The zero-order valence-electron chi connectivity index (χ0n) is 16.3. The van der Waals surface area contributed by atoms with Crippen LogP contribution >= 0.6 is 0 Å². The maximum atomic E-state index is 5.21. The summed E-state index contributed by atoms with van der Waals surface area (Å²) >= 11 is 0. The number of piperazine rings is 1. The maximum Gasteiger partial charge on any atom is 0.227 e. The highest BCUT2D eigenvalue weighted by Crippen LogP contribution is 2.22. The lowest BCUT2D eigenvalue weighted by Gasteiger charge is -2.36. The Bertz CT molecular complexity index is 906. The molecule has 0 bridgehead atoms. The molecule has 2 heterocycles. The third kappa shape index (κ3) is 4.17. The molecule has 144 valence electrons. The number of aromatic nitrogens is 2. The van der Waals surface area contributed by atoms with Crippen molar-refractivity contribution >= 4 is 23.1 Å². The predicted octanol–water partition coefficient (Wildman–Crippen LogP) is 3.86. The minimum absolute atomic E-state index is 0.781. The minimum Gasteiger partial charge on any atom is -0.497 e. The summed E-state index contributed by atoms with van der Waals surface area (Å²) in [5.41, 5.74) is 3.19. The molecule has 0 aliphatic carbocycles. The summed E-state index contributed by atoms with van der Waals surface area (Å²) in [4.78, 5) is 14.1. The van der Waals surface area contributed by atoms with Gasteiger partial charge >= 0.3 is 0 Å². The van der Waals surface area contributed by atoms with E-state index in [-0.39, 0.29) is 0 Å². The van der Waals surface area contributed by atoms with Crippen LogP contribution in [-0.2, 0) is 0 Å². The van der Waals surface area contributed by atoms with E-state index in [1.807, 2.05) is 37.3 Å². The van der Waals surface area contributed by atoms with Gasteiger partial charge in [-0.2, -0.15) is 4.98 Å². The molecule has 1 saturated heterocycles. The van der Waals surface area contributed by atoms with Gasteiger partial charge in [-0.1, -0.05) is 18.2 Å². The monoisotopic (exact) mass is 375 g/mol. The first kappa shape index (κ1) is 18.1. The lowest BCUT2D eigenvalue weighted by molar-refractivity contribution is 0.415. The molecular weight excluding hydrogens is 350 g/mol. The van der Waals surface area contributed by atoms with E-state index < -0.39 is 0 Å². The van der Waals surface area contributed by atoms with Crippen molar-refractivity contribution in [1.82, 2.24) is 9.97 Å². The number of nitrogens with one attached hydrogen (secondary N) is 1. The Morgan fingerprint density at radius 2 is 1.54 bits per heavy atom. The van der Waals surface area contributed by atoms with E-state index in [0.717, 1.165) is 55.1 Å². The molecule has 6 nitrogen and oxygen atoms in total. The average molecular weight is 375 g/mol. The number of benzene rings is 2. The van der Waals surface area contributed by atoms with Gasteiger partial charge in [-0.3, -0.25) is 0 Å². The molecule has 0 spiro atoms. The molecule has 2 aromatic carbocycles. The highest BCUT2D eigenvalue weighted by Gasteiger charge is 2.20. The van der Waals surface area contributed by atoms with Crippen LogP contribution in [0.4, 0.5) is 23.1 Å². The van der Waals surface area contributed by atoms with Crippen LogP contribution in [0.5, 0.6) is 5.75 Å². The highest BCUT2D eigenvalue weighted by atomic mass is 16.5. The SMILES string of the molecule is COc1ccc(Nc2cc(C)nc(N3CCN(c4ccccc4)CC3)n2)cc1. The molecular formula is C22H25N5O. The molecule has 0 unspecified atom stereocenters. The van der Waals surface area contributed by atoms with Gasteiger partial charge in [-0.05, 0) is 43.3 Å². The van der Waals surface area contributed by atoms with Crippen LogP contribution in [0, 0.1) is 6.92 Å². The Labute approximate surface area is 165 Å². The standard InChI is InChI=1S/C22H25N5O/c1-17-16-21(24-18-8-10-20(28-2)11-9-18)25-22(23-17)27-14-12-26(13-15-27)19-6-4-3-5-7-19/h3-11,16H,12-15H2,1-2H3,(H,23,24,25). The Kier molecular flexibility index (Phi) is 5.28. The fourth-order valence-corrected chi connectivity index (χ4v) is 3.38. The molecule has 1 aliphatic rings. The fourth-order valence-electron chi connectivity index (χ4n) is 3.38. The zero-order chi connectivity index (χ0) is 19.3. The van der Waals surface area contributed by atoms with Crippen molar-refractivity contribution in [1.29, 1.82) is 0 Å². The van der Waals surface area contributed by atoms with Gasteiger partial charge in [-0.15, -0.1) is 0 Å². The quantitative estimate of drug-likeness (QED) is 0.731. The normalized spacial score (nSPS) is 14.1. The smallest absolute Gasteiger partial charge is 0.227 e. The Morgan fingerprint density at radius 1 is 0.857 bits per heavy atom. The van der Waals surface area contributed by atoms with Crippen LogP contribution in [0.25, 0.3) is 0 Å². The minimum atomic E-state index is 0.781. The Hall–Kier alpha value is -3.28. The van der Waals surface area contributed by atoms with Gasteiger partial charge in [-0.25, -0.2) is 4.98 Å². The molecule has 6 heteroatoms. The van der Waals surface area contributed by atoms with E-state index in [9.17, 15) is 0 Å². The van der Waals surface area contributed by atoms with Crippen molar-refractivity contribution in [2.75, 3.05) is 48.4 Å². The summed E-state index contributed by atoms with van der Waals surface area (Å²) in [7, 11) is 1.67. The van der Waals surface area contributed by atoms with Crippen molar-refractivity contribution in [3.05, 3.63) is 66.4 Å². The fraction of sp³-hybridized carbons (Fsp3) is 0.273. The number of nitrogens with zero attached hydrogens (tertiary/aromatic N) is 4.